The van der Waals surface area contributed by atoms with Crippen molar-refractivity contribution in [2.45, 2.75) is 240 Å². The second kappa shape index (κ2) is 44.2. The first-order valence-electron chi connectivity index (χ1n) is 35.6. The summed E-state index contributed by atoms with van der Waals surface area (Å²) < 4.78 is 455. The van der Waals surface area contributed by atoms with Crippen molar-refractivity contribution < 1.29 is 326 Å². The minimum atomic E-state index is -6.38. The van der Waals surface area contributed by atoms with E-state index in [1.165, 1.54) is 0 Å². The number of carbonyl (C=O) groups is 5. The Hall–Kier alpha value is -5.37. The van der Waals surface area contributed by atoms with Crippen LogP contribution in [0.5, 0.6) is 0 Å². The zero-order chi connectivity index (χ0) is 102. The maximum absolute atomic E-state index is 13.3. The first-order chi connectivity index (χ1) is 61.4. The Kier molecular flexibility index (Phi) is 37.7. The van der Waals surface area contributed by atoms with Gasteiger partial charge in [0.2, 0.25) is 18.0 Å². The molecule has 0 aromatic heterocycles. The summed E-state index contributed by atoms with van der Waals surface area (Å²) in [6, 6.07) is -11.5. The third-order valence-corrected chi connectivity index (χ3v) is 23.7. The van der Waals surface area contributed by atoms with Crippen LogP contribution in [0.1, 0.15) is 6.92 Å². The predicted octanol–water partition coefficient (Wildman–Crippen LogP) is -19.8. The van der Waals surface area contributed by atoms with Gasteiger partial charge in [-0.25, -0.2) is 48.5 Å². The Labute approximate surface area is 753 Å². The average Bonchev–Trinajstić information content (AvgIpc) is 0.756. The molecule has 8 rings (SSSR count). The average molecular weight is 2190 g/mol. The molecular weight excluding hydrogens is 2110 g/mol. The van der Waals surface area contributed by atoms with Crippen LogP contribution in [-0.2, 0) is 228 Å². The van der Waals surface area contributed by atoms with E-state index in [1.54, 1.807) is 0 Å². The summed E-state index contributed by atoms with van der Waals surface area (Å²) >= 11 is 0. The number of carboxylic acids is 4. The Morgan fingerprint density at radius 2 is 0.593 bits per heavy atom. The van der Waals surface area contributed by atoms with E-state index in [1.807, 2.05) is 5.32 Å². The number of ether oxygens (including phenoxy) is 15. The van der Waals surface area contributed by atoms with Gasteiger partial charge < -0.3 is 148 Å². The van der Waals surface area contributed by atoms with Crippen molar-refractivity contribution in [3.8, 4) is 0 Å². The quantitative estimate of drug-likeness (QED) is 0.0252. The van der Waals surface area contributed by atoms with Crippen molar-refractivity contribution in [1.82, 2.24) is 19.5 Å². The van der Waals surface area contributed by atoms with Crippen LogP contribution >= 0.6 is 0 Å². The summed E-state index contributed by atoms with van der Waals surface area (Å²) in [5.41, 5.74) is 0. The molecule has 8 aliphatic rings. The minimum absolute atomic E-state index is 0.184. The highest BCUT2D eigenvalue weighted by Gasteiger charge is 2.64. The molecule has 38 unspecified atom stereocenters. The van der Waals surface area contributed by atoms with Crippen LogP contribution in [0.3, 0.4) is 0 Å². The number of hydrogen-bond acceptors (Lipinski definition) is 57. The van der Waals surface area contributed by atoms with E-state index in [-0.39, 0.29) is 6.08 Å². The number of amides is 1. The zero-order valence-electron chi connectivity index (χ0n) is 65.3. The standard InChI is InChI=1S/C50H78N4O71S10/c1-7(55)51-14-18(57)27(10(3-104-129(83,84)85)110-44(14)117-32-22(61)24(63)48(121-36(32)40(67)68)116-30-13(6-107-132(92,93)94)108-43(73)17(54-128(80,81)82)31(30)124-134(98,99)100)113-47-23(62)21(60)33(37(120-47)41(69)70)118-45-15(52-126(74,75)76)20(59)29(12(111-45)5-106-131(89,90)91)115-50-35(125-135(101,102)103)25(64)34(38(122-50)42(71)72)119-46-16(53-127(77,78)79)19(58)28(11(112-46)4-105-130(86,87)88)114-49-26(123-133(95,96)97)8(56)2-9(109-49)39(65)66/h2,8,10-38,43-50,52-54,56-64,73H,3-6H2,1H3,(H,51,55)(H,65,66)(H,67,68)(H,69,70)(H,71,72)(H,74,75,76)(H,77,78,79)(H,80,81,82)(H,83,84,85)(H,86,87,88)(H,89,90,91)(H,92,93,94)(H,95,96,97)(H,98,99,100)(H,101,102,103). The number of aliphatic carboxylic acids is 4. The number of carbonyl (C=O) groups excluding carboxylic acids is 1. The first-order valence-corrected chi connectivity index (χ1v) is 49.5. The Morgan fingerprint density at radius 3 is 0.926 bits per heavy atom. The van der Waals surface area contributed by atoms with Crippen LogP contribution in [-0.4, -0.2) is 491 Å². The highest BCUT2D eigenvalue weighted by atomic mass is 32.3. The number of nitrogens with one attached hydrogen (secondary N) is 4. The van der Waals surface area contributed by atoms with Crippen molar-refractivity contribution in [3.05, 3.63) is 11.8 Å². The molecule has 0 radical (unpaired) electrons. The van der Waals surface area contributed by atoms with E-state index < -0.39 is 399 Å². The fraction of sp³-hybridized carbons (Fsp3) is 0.860. The lowest BCUT2D eigenvalue weighted by Crippen LogP contribution is -2.71. The van der Waals surface area contributed by atoms with Crippen LogP contribution in [0, 0.1) is 0 Å². The summed E-state index contributed by atoms with van der Waals surface area (Å²) in [6.07, 6.45) is -102. The summed E-state index contributed by atoms with van der Waals surface area (Å²) in [5.74, 6) is -12.5. The number of hydrogen-bond donors (Lipinski definition) is 28. The second-order valence-electron chi connectivity index (χ2n) is 28.3. The number of rotatable bonds is 43. The van der Waals surface area contributed by atoms with E-state index >= 15 is 0 Å². The van der Waals surface area contributed by atoms with E-state index in [0.717, 1.165) is 14.2 Å². The molecule has 8 heterocycles. The van der Waals surface area contributed by atoms with Gasteiger partial charge in [-0.05, 0) is 6.08 Å². The fourth-order valence-corrected chi connectivity index (χ4v) is 18.2. The van der Waals surface area contributed by atoms with Crippen molar-refractivity contribution in [2.24, 2.45) is 0 Å². The predicted molar refractivity (Wildman–Crippen MR) is 387 cm³/mol. The molecule has 0 bridgehead atoms. The maximum Gasteiger partial charge on any atom is 0.397 e. The van der Waals surface area contributed by atoms with Crippen LogP contribution in [0.25, 0.3) is 0 Å². The molecule has 85 heteroatoms. The minimum Gasteiger partial charge on any atom is -0.479 e. The van der Waals surface area contributed by atoms with E-state index in [9.17, 15) is 225 Å². The third kappa shape index (κ3) is 32.3. The van der Waals surface area contributed by atoms with Gasteiger partial charge in [0.15, 0.2) is 74.6 Å². The van der Waals surface area contributed by atoms with Crippen molar-refractivity contribution in [2.75, 3.05) is 26.4 Å². The third-order valence-electron chi connectivity index (χ3n) is 18.9. The molecule has 0 spiro atoms. The van der Waals surface area contributed by atoms with Crippen molar-refractivity contribution in [1.29, 1.82) is 0 Å². The van der Waals surface area contributed by atoms with Crippen LogP contribution in [0.15, 0.2) is 11.8 Å². The number of aliphatic hydroxyl groups is 10. The number of carboxylic acid groups (broad SMARTS) is 4. The lowest BCUT2D eigenvalue weighted by Gasteiger charge is -2.50. The lowest BCUT2D eigenvalue weighted by atomic mass is 9.94. The summed E-state index contributed by atoms with van der Waals surface area (Å²) in [4.78, 5) is 64.5. The molecule has 135 heavy (non-hydrogen) atoms. The summed E-state index contributed by atoms with van der Waals surface area (Å²) in [7, 11) is -59.5. The normalized spacial score (nSPS) is 39.2. The Morgan fingerprint density at radius 1 is 0.304 bits per heavy atom. The molecule has 1 amide bonds. The molecule has 0 aliphatic carbocycles. The van der Waals surface area contributed by atoms with Gasteiger partial charge in [-0.3, -0.25) is 50.3 Å². The van der Waals surface area contributed by atoms with Gasteiger partial charge in [-0.15, -0.1) is 0 Å². The zero-order valence-corrected chi connectivity index (χ0v) is 73.5. The van der Waals surface area contributed by atoms with E-state index in [4.69, 9.17) is 71.1 Å². The van der Waals surface area contributed by atoms with Crippen LogP contribution < -0.4 is 19.5 Å². The topological polar surface area (TPSA) is 1160 Å². The smallest absolute Gasteiger partial charge is 0.397 e. The summed E-state index contributed by atoms with van der Waals surface area (Å²) in [6.45, 7) is -6.86. The van der Waals surface area contributed by atoms with Gasteiger partial charge in [0.05, 0.1) is 26.4 Å². The molecule has 0 aromatic rings. The van der Waals surface area contributed by atoms with Gasteiger partial charge in [-0.1, -0.05) is 0 Å². The molecule has 7 saturated heterocycles. The van der Waals surface area contributed by atoms with Gasteiger partial charge >= 0.3 is 128 Å². The highest BCUT2D eigenvalue weighted by Crippen LogP contribution is 2.42. The summed E-state index contributed by atoms with van der Waals surface area (Å²) in [5, 5.41) is 159. The van der Waals surface area contributed by atoms with Gasteiger partial charge in [-0.2, -0.15) is 98.3 Å². The molecule has 28 N–H and O–H groups in total. The SMILES string of the molecule is CC(=O)NC1C(OC2C(C(=O)O)OC(OC3C(COS(=O)(=O)O)OC(O)C(NS(=O)(=O)O)C3OS(=O)(=O)O)C(O)C2O)OC(COS(=O)(=O)O)C(OC2OC(C(=O)O)C(OC3OC(COS(=O)(=O)O)C(OC4OC(C(=O)O)C(OC5OC(COS(=O)(=O)O)C(OC6OC(C(=O)O)=CC(O)C6OS(=O)(=O)O)C(O)C5NS(=O)(=O)O)C(O)C4OS(=O)(=O)O)C(O)C3NS(=O)(=O)O)C(O)C2O)C1O. The first kappa shape index (κ1) is 115. The molecule has 7 fully saturated rings. The molecular formula is C50H78N4O71S10. The molecule has 0 saturated carbocycles. The van der Waals surface area contributed by atoms with E-state index in [2.05, 4.69) is 29.3 Å². The van der Waals surface area contributed by atoms with Crippen molar-refractivity contribution in [3.63, 3.8) is 0 Å². The lowest BCUT2D eigenvalue weighted by molar-refractivity contribution is -0.380. The van der Waals surface area contributed by atoms with Crippen LogP contribution in [0.2, 0.25) is 0 Å². The molecule has 8 aliphatic heterocycles. The van der Waals surface area contributed by atoms with E-state index in [0.29, 0.717) is 6.92 Å². The maximum atomic E-state index is 13.3. The van der Waals surface area contributed by atoms with Crippen LogP contribution in [0.4, 0.5) is 0 Å². The second-order valence-corrected chi connectivity index (χ2v) is 39.4. The monoisotopic (exact) mass is 2190 g/mol. The Balaban J connectivity index is 1.09. The van der Waals surface area contributed by atoms with Gasteiger partial charge in [0, 0.05) is 6.92 Å². The molecule has 784 valence electrons. The fourth-order valence-electron chi connectivity index (χ4n) is 13.7. The van der Waals surface area contributed by atoms with Gasteiger partial charge in [0.1, 0.15) is 152 Å². The van der Waals surface area contributed by atoms with Gasteiger partial charge in [0.25, 0.3) is 0 Å². The largest absolute Gasteiger partial charge is 0.479 e. The molecule has 38 atom stereocenters. The Bertz CT molecular complexity index is 5470. The molecule has 75 nitrogen and oxygen atoms in total. The number of aliphatic hydroxyl groups excluding tert-OH is 10. The molecule has 0 aromatic carbocycles. The van der Waals surface area contributed by atoms with Crippen molar-refractivity contribution >= 4 is 133 Å². The highest BCUT2D eigenvalue weighted by molar-refractivity contribution is 7.84.